The number of carbonyl (C=O) groups excluding carboxylic acids is 1. The molecule has 0 fully saturated rings. The first kappa shape index (κ1) is 24.7. The third kappa shape index (κ3) is 9.43. The molecule has 0 aliphatic carbocycles. The van der Waals surface area contributed by atoms with Crippen LogP contribution in [-0.2, 0) is 22.4 Å². The lowest BCUT2D eigenvalue weighted by atomic mass is 10.0. The zero-order valence-electron chi connectivity index (χ0n) is 19.4. The van der Waals surface area contributed by atoms with Gasteiger partial charge in [0.2, 0.25) is 0 Å². The van der Waals surface area contributed by atoms with Crippen molar-refractivity contribution in [2.24, 2.45) is 0 Å². The molecule has 0 saturated heterocycles. The highest BCUT2D eigenvalue weighted by atomic mass is 16.6. The Bertz CT molecular complexity index is 773. The van der Waals surface area contributed by atoms with Crippen LogP contribution in [0.15, 0.2) is 48.5 Å². The van der Waals surface area contributed by atoms with E-state index in [-0.39, 0.29) is 12.1 Å². The van der Waals surface area contributed by atoms with Gasteiger partial charge in [-0.3, -0.25) is 4.79 Å². The van der Waals surface area contributed by atoms with E-state index in [2.05, 4.69) is 25.1 Å². The van der Waals surface area contributed by atoms with Gasteiger partial charge in [-0.2, -0.15) is 0 Å². The molecule has 0 unspecified atom stereocenters. The molecular weight excluding hydrogens is 390 g/mol. The molecule has 0 saturated carbocycles. The molecule has 2 aromatic rings. The van der Waals surface area contributed by atoms with Gasteiger partial charge in [-0.25, -0.2) is 0 Å². The SMILES string of the molecule is CCCCCC(=O)O[C@H](COc1ccccc1CCc1ccc(OC)cc1)CN(C)C. The van der Waals surface area contributed by atoms with Gasteiger partial charge in [-0.1, -0.05) is 50.1 Å². The first-order valence-corrected chi connectivity index (χ1v) is 11.2. The van der Waals surface area contributed by atoms with E-state index in [0.717, 1.165) is 49.2 Å². The van der Waals surface area contributed by atoms with E-state index in [1.165, 1.54) is 5.56 Å². The van der Waals surface area contributed by atoms with Crippen molar-refractivity contribution in [1.82, 2.24) is 4.90 Å². The maximum atomic E-state index is 12.2. The summed E-state index contributed by atoms with van der Waals surface area (Å²) in [5.74, 6) is 1.57. The molecule has 0 radical (unpaired) electrons. The Morgan fingerprint density at radius 3 is 2.42 bits per heavy atom. The quantitative estimate of drug-likeness (QED) is 0.317. The number of nitrogens with zero attached hydrogens (tertiary/aromatic N) is 1. The van der Waals surface area contributed by atoms with Gasteiger partial charge in [0.05, 0.1) is 7.11 Å². The molecule has 5 heteroatoms. The summed E-state index contributed by atoms with van der Waals surface area (Å²) in [6.45, 7) is 3.10. The maximum Gasteiger partial charge on any atom is 0.306 e. The van der Waals surface area contributed by atoms with Crippen molar-refractivity contribution >= 4 is 5.97 Å². The van der Waals surface area contributed by atoms with Crippen LogP contribution in [0.25, 0.3) is 0 Å². The van der Waals surface area contributed by atoms with Crippen molar-refractivity contribution in [3.8, 4) is 11.5 Å². The molecule has 0 spiro atoms. The molecule has 2 rings (SSSR count). The summed E-state index contributed by atoms with van der Waals surface area (Å²) in [5.41, 5.74) is 2.40. The van der Waals surface area contributed by atoms with Crippen LogP contribution in [0.3, 0.4) is 0 Å². The Balaban J connectivity index is 1.94. The fourth-order valence-corrected chi connectivity index (χ4v) is 3.40. The van der Waals surface area contributed by atoms with Gasteiger partial charge in [-0.15, -0.1) is 0 Å². The number of carbonyl (C=O) groups is 1. The summed E-state index contributed by atoms with van der Waals surface area (Å²) in [4.78, 5) is 14.2. The Labute approximate surface area is 187 Å². The number of benzene rings is 2. The van der Waals surface area contributed by atoms with Crippen LogP contribution in [0, 0.1) is 0 Å². The van der Waals surface area contributed by atoms with E-state index >= 15 is 0 Å². The van der Waals surface area contributed by atoms with Crippen LogP contribution < -0.4 is 9.47 Å². The van der Waals surface area contributed by atoms with Crippen LogP contribution in [0.4, 0.5) is 0 Å². The number of esters is 1. The predicted octanol–water partition coefficient (Wildman–Crippen LogP) is 4.91. The summed E-state index contributed by atoms with van der Waals surface area (Å²) >= 11 is 0. The number of hydrogen-bond acceptors (Lipinski definition) is 5. The molecule has 170 valence electrons. The standard InChI is InChI=1S/C26H37NO4/c1-5-6-7-12-26(28)31-24(19-27(2)3)20-30-25-11-9-8-10-22(25)16-13-21-14-17-23(29-4)18-15-21/h8-11,14-15,17-18,24H,5-7,12-13,16,19-20H2,1-4H3/t24-/m0/s1. The third-order valence-electron chi connectivity index (χ3n) is 5.09. The molecule has 2 aromatic carbocycles. The van der Waals surface area contributed by atoms with E-state index in [4.69, 9.17) is 14.2 Å². The monoisotopic (exact) mass is 427 g/mol. The molecule has 0 N–H and O–H groups in total. The normalized spacial score (nSPS) is 11.9. The van der Waals surface area contributed by atoms with E-state index in [9.17, 15) is 4.79 Å². The highest BCUT2D eigenvalue weighted by Gasteiger charge is 2.17. The molecule has 0 aromatic heterocycles. The van der Waals surface area contributed by atoms with Crippen LogP contribution in [0.2, 0.25) is 0 Å². The van der Waals surface area contributed by atoms with Crippen LogP contribution >= 0.6 is 0 Å². The molecule has 0 heterocycles. The lowest BCUT2D eigenvalue weighted by molar-refractivity contribution is -0.151. The molecule has 0 aliphatic heterocycles. The predicted molar refractivity (Wildman–Crippen MR) is 125 cm³/mol. The number of ether oxygens (including phenoxy) is 3. The lowest BCUT2D eigenvalue weighted by Gasteiger charge is -2.22. The zero-order valence-corrected chi connectivity index (χ0v) is 19.4. The number of aryl methyl sites for hydroxylation is 2. The van der Waals surface area contributed by atoms with Gasteiger partial charge < -0.3 is 19.1 Å². The van der Waals surface area contributed by atoms with Crippen molar-refractivity contribution in [1.29, 1.82) is 0 Å². The fraction of sp³-hybridized carbons (Fsp3) is 0.500. The molecule has 0 amide bonds. The number of hydrogen-bond donors (Lipinski definition) is 0. The average molecular weight is 428 g/mol. The average Bonchev–Trinajstić information content (AvgIpc) is 2.76. The van der Waals surface area contributed by atoms with Crippen LogP contribution in [-0.4, -0.2) is 51.3 Å². The summed E-state index contributed by atoms with van der Waals surface area (Å²) in [6.07, 6.45) is 4.97. The minimum absolute atomic E-state index is 0.142. The summed E-state index contributed by atoms with van der Waals surface area (Å²) in [7, 11) is 5.62. The Morgan fingerprint density at radius 1 is 1.00 bits per heavy atom. The van der Waals surface area contributed by atoms with Gasteiger partial charge in [0.15, 0.2) is 0 Å². The van der Waals surface area contributed by atoms with Gasteiger partial charge in [0, 0.05) is 13.0 Å². The Kier molecular flexibility index (Phi) is 10.9. The number of likely N-dealkylation sites (N-methyl/N-ethyl adjacent to an activating group) is 1. The second-order valence-electron chi connectivity index (χ2n) is 8.10. The molecule has 0 aliphatic rings. The van der Waals surface area contributed by atoms with Gasteiger partial charge in [-0.05, 0) is 62.7 Å². The van der Waals surface area contributed by atoms with Gasteiger partial charge >= 0.3 is 5.97 Å². The summed E-state index contributed by atoms with van der Waals surface area (Å²) in [6, 6.07) is 16.2. The van der Waals surface area contributed by atoms with Crippen LogP contribution in [0.1, 0.15) is 43.7 Å². The third-order valence-corrected chi connectivity index (χ3v) is 5.09. The first-order chi connectivity index (χ1) is 15.0. The molecule has 31 heavy (non-hydrogen) atoms. The zero-order chi connectivity index (χ0) is 22.5. The minimum atomic E-state index is -0.293. The second kappa shape index (κ2) is 13.7. The smallest absolute Gasteiger partial charge is 0.306 e. The number of methoxy groups -OCH3 is 1. The van der Waals surface area contributed by atoms with E-state index < -0.39 is 0 Å². The van der Waals surface area contributed by atoms with E-state index in [1.54, 1.807) is 7.11 Å². The molecule has 1 atom stereocenters. The van der Waals surface area contributed by atoms with Gasteiger partial charge in [0.1, 0.15) is 24.2 Å². The van der Waals surface area contributed by atoms with Gasteiger partial charge in [0.25, 0.3) is 0 Å². The highest BCUT2D eigenvalue weighted by molar-refractivity contribution is 5.69. The van der Waals surface area contributed by atoms with Crippen molar-refractivity contribution in [3.63, 3.8) is 0 Å². The Hall–Kier alpha value is -2.53. The number of unbranched alkanes of at least 4 members (excludes halogenated alkanes) is 2. The van der Waals surface area contributed by atoms with Crippen molar-refractivity contribution in [3.05, 3.63) is 59.7 Å². The highest BCUT2D eigenvalue weighted by Crippen LogP contribution is 2.21. The molecule has 0 bridgehead atoms. The largest absolute Gasteiger partial charge is 0.497 e. The Morgan fingerprint density at radius 2 is 1.74 bits per heavy atom. The molecular formula is C26H37NO4. The maximum absolute atomic E-state index is 12.2. The first-order valence-electron chi connectivity index (χ1n) is 11.2. The summed E-state index contributed by atoms with van der Waals surface area (Å²) in [5, 5.41) is 0. The van der Waals surface area contributed by atoms with Crippen molar-refractivity contribution < 1.29 is 19.0 Å². The van der Waals surface area contributed by atoms with Crippen LogP contribution in [0.5, 0.6) is 11.5 Å². The fourth-order valence-electron chi connectivity index (χ4n) is 3.40. The molecule has 5 nitrogen and oxygen atoms in total. The minimum Gasteiger partial charge on any atom is -0.497 e. The number of rotatable bonds is 14. The topological polar surface area (TPSA) is 48.0 Å². The lowest BCUT2D eigenvalue weighted by Crippen LogP contribution is -2.35. The van der Waals surface area contributed by atoms with Crippen molar-refractivity contribution in [2.75, 3.05) is 34.4 Å². The van der Waals surface area contributed by atoms with Crippen molar-refractivity contribution in [2.45, 2.75) is 51.6 Å². The summed E-state index contributed by atoms with van der Waals surface area (Å²) < 4.78 is 17.1. The van der Waals surface area contributed by atoms with E-state index in [0.29, 0.717) is 19.6 Å². The van der Waals surface area contributed by atoms with E-state index in [1.807, 2.05) is 49.3 Å². The number of para-hydroxylation sites is 1. The second-order valence-corrected chi connectivity index (χ2v) is 8.10.